The fourth-order valence-electron chi connectivity index (χ4n) is 2.88. The van der Waals surface area contributed by atoms with E-state index in [2.05, 4.69) is 19.2 Å². The first-order valence-corrected chi connectivity index (χ1v) is 8.04. The summed E-state index contributed by atoms with van der Waals surface area (Å²) in [5.41, 5.74) is 1.05. The quantitative estimate of drug-likeness (QED) is 0.854. The van der Waals surface area contributed by atoms with Gasteiger partial charge in [-0.25, -0.2) is 0 Å². The molecule has 2 nitrogen and oxygen atoms in total. The number of hydrogen-bond donors (Lipinski definition) is 2. The van der Waals surface area contributed by atoms with Crippen molar-refractivity contribution in [3.8, 4) is 0 Å². The number of nitrogens with one attached hydrogen (secondary N) is 1. The van der Waals surface area contributed by atoms with Gasteiger partial charge in [-0.3, -0.25) is 0 Å². The molecule has 0 amide bonds. The predicted octanol–water partition coefficient (Wildman–Crippen LogP) is 3.59. The maximum Gasteiger partial charge on any atom is 0.0922 e. The van der Waals surface area contributed by atoms with Gasteiger partial charge in [0.2, 0.25) is 0 Å². The van der Waals surface area contributed by atoms with Crippen LogP contribution in [0, 0.1) is 11.8 Å². The van der Waals surface area contributed by atoms with E-state index in [1.165, 1.54) is 25.7 Å². The molecule has 1 fully saturated rings. The van der Waals surface area contributed by atoms with Crippen LogP contribution >= 0.6 is 11.3 Å². The van der Waals surface area contributed by atoms with Crippen LogP contribution in [-0.4, -0.2) is 17.7 Å². The lowest BCUT2D eigenvalue weighted by molar-refractivity contribution is 0.156. The maximum absolute atomic E-state index is 10.1. The molecule has 1 aromatic heterocycles. The highest BCUT2D eigenvalue weighted by Crippen LogP contribution is 2.30. The average molecular weight is 267 g/mol. The first-order valence-electron chi connectivity index (χ1n) is 7.10. The summed E-state index contributed by atoms with van der Waals surface area (Å²) in [5.74, 6) is 1.64. The summed E-state index contributed by atoms with van der Waals surface area (Å²) in [6, 6.07) is 2.61. The van der Waals surface area contributed by atoms with Crippen molar-refractivity contribution in [3.63, 3.8) is 0 Å². The van der Waals surface area contributed by atoms with E-state index in [0.717, 1.165) is 17.4 Å². The molecule has 102 valence electrons. The first-order chi connectivity index (χ1) is 8.66. The molecule has 2 N–H and O–H groups in total. The lowest BCUT2D eigenvalue weighted by Crippen LogP contribution is -2.37. The van der Waals surface area contributed by atoms with Crippen molar-refractivity contribution in [2.24, 2.45) is 11.8 Å². The summed E-state index contributed by atoms with van der Waals surface area (Å²) in [6.45, 7) is 5.34. The molecule has 0 radical (unpaired) electrons. The Hall–Kier alpha value is -0.380. The van der Waals surface area contributed by atoms with Crippen molar-refractivity contribution in [2.75, 3.05) is 6.54 Å². The summed E-state index contributed by atoms with van der Waals surface area (Å²) < 4.78 is 0. The first kappa shape index (κ1) is 14.0. The zero-order valence-electron chi connectivity index (χ0n) is 11.4. The van der Waals surface area contributed by atoms with Gasteiger partial charge in [-0.2, -0.15) is 11.3 Å². The third kappa shape index (κ3) is 3.81. The van der Waals surface area contributed by atoms with Gasteiger partial charge in [-0.05, 0) is 47.1 Å². The van der Waals surface area contributed by atoms with Crippen LogP contribution in [-0.2, 0) is 0 Å². The molecule has 18 heavy (non-hydrogen) atoms. The predicted molar refractivity (Wildman–Crippen MR) is 77.9 cm³/mol. The average Bonchev–Trinajstić information content (AvgIpc) is 2.90. The van der Waals surface area contributed by atoms with Crippen LogP contribution in [0.2, 0.25) is 0 Å². The smallest absolute Gasteiger partial charge is 0.0922 e. The van der Waals surface area contributed by atoms with Gasteiger partial charge < -0.3 is 10.4 Å². The molecule has 2 rings (SSSR count). The Morgan fingerprint density at radius 2 is 2.28 bits per heavy atom. The fourth-order valence-corrected chi connectivity index (χ4v) is 3.59. The van der Waals surface area contributed by atoms with Crippen LogP contribution in [0.1, 0.15) is 51.2 Å². The van der Waals surface area contributed by atoms with Crippen LogP contribution in [0.5, 0.6) is 0 Å². The molecule has 3 unspecified atom stereocenters. The molecule has 1 aliphatic rings. The highest BCUT2D eigenvalue weighted by molar-refractivity contribution is 7.07. The number of rotatable bonds is 5. The van der Waals surface area contributed by atoms with Gasteiger partial charge in [0.1, 0.15) is 0 Å². The zero-order chi connectivity index (χ0) is 13.0. The molecule has 1 aliphatic carbocycles. The Bertz CT molecular complexity index is 336. The van der Waals surface area contributed by atoms with Gasteiger partial charge in [0.15, 0.2) is 0 Å². The molecule has 1 aromatic rings. The van der Waals surface area contributed by atoms with Gasteiger partial charge >= 0.3 is 0 Å². The van der Waals surface area contributed by atoms with E-state index in [0.29, 0.717) is 12.6 Å². The second-order valence-electron chi connectivity index (χ2n) is 5.85. The van der Waals surface area contributed by atoms with Gasteiger partial charge in [-0.1, -0.05) is 26.7 Å². The van der Waals surface area contributed by atoms with E-state index in [-0.39, 0.29) is 6.10 Å². The SMILES string of the molecule is CC(C)C1CCCC(NCC(O)c2ccsc2)C1. The van der Waals surface area contributed by atoms with Crippen molar-refractivity contribution >= 4 is 11.3 Å². The van der Waals surface area contributed by atoms with Gasteiger partial charge in [0, 0.05) is 12.6 Å². The summed E-state index contributed by atoms with van der Waals surface area (Å²) in [7, 11) is 0. The van der Waals surface area contributed by atoms with Crippen LogP contribution in [0.25, 0.3) is 0 Å². The monoisotopic (exact) mass is 267 g/mol. The second-order valence-corrected chi connectivity index (χ2v) is 6.63. The van der Waals surface area contributed by atoms with Gasteiger partial charge in [0.25, 0.3) is 0 Å². The van der Waals surface area contributed by atoms with Crippen LogP contribution in [0.3, 0.4) is 0 Å². The zero-order valence-corrected chi connectivity index (χ0v) is 12.2. The molecule has 3 heteroatoms. The molecule has 1 saturated carbocycles. The van der Waals surface area contributed by atoms with Crippen LogP contribution in [0.15, 0.2) is 16.8 Å². The number of aliphatic hydroxyl groups excluding tert-OH is 1. The topological polar surface area (TPSA) is 32.3 Å². The van der Waals surface area contributed by atoms with Crippen molar-refractivity contribution in [1.29, 1.82) is 0 Å². The van der Waals surface area contributed by atoms with Gasteiger partial charge in [0.05, 0.1) is 6.10 Å². The maximum atomic E-state index is 10.1. The molecule has 0 aromatic carbocycles. The van der Waals surface area contributed by atoms with E-state index < -0.39 is 0 Å². The summed E-state index contributed by atoms with van der Waals surface area (Å²) in [6.07, 6.45) is 4.89. The number of thiophene rings is 1. The largest absolute Gasteiger partial charge is 0.387 e. The minimum Gasteiger partial charge on any atom is -0.387 e. The summed E-state index contributed by atoms with van der Waals surface area (Å²) in [4.78, 5) is 0. The lowest BCUT2D eigenvalue weighted by Gasteiger charge is -2.32. The van der Waals surface area contributed by atoms with Crippen molar-refractivity contribution in [2.45, 2.75) is 51.7 Å². The van der Waals surface area contributed by atoms with E-state index in [1.807, 2.05) is 16.8 Å². The normalized spacial score (nSPS) is 26.4. The Labute approximate surface area is 114 Å². The third-order valence-electron chi connectivity index (χ3n) is 4.19. The number of aliphatic hydroxyl groups is 1. The van der Waals surface area contributed by atoms with E-state index in [1.54, 1.807) is 11.3 Å². The lowest BCUT2D eigenvalue weighted by atomic mass is 9.79. The Kier molecular flexibility index (Phi) is 5.22. The van der Waals surface area contributed by atoms with E-state index >= 15 is 0 Å². The van der Waals surface area contributed by atoms with Crippen molar-refractivity contribution in [3.05, 3.63) is 22.4 Å². The second kappa shape index (κ2) is 6.69. The Morgan fingerprint density at radius 3 is 2.94 bits per heavy atom. The molecule has 0 spiro atoms. The molecule has 0 saturated heterocycles. The van der Waals surface area contributed by atoms with Crippen molar-refractivity contribution in [1.82, 2.24) is 5.32 Å². The van der Waals surface area contributed by atoms with E-state index in [9.17, 15) is 5.11 Å². The van der Waals surface area contributed by atoms with Crippen molar-refractivity contribution < 1.29 is 5.11 Å². The molecule has 3 atom stereocenters. The highest BCUT2D eigenvalue weighted by Gasteiger charge is 2.24. The van der Waals surface area contributed by atoms with Crippen LogP contribution in [0.4, 0.5) is 0 Å². The third-order valence-corrected chi connectivity index (χ3v) is 4.89. The van der Waals surface area contributed by atoms with Crippen LogP contribution < -0.4 is 5.32 Å². The Balaban J connectivity index is 1.76. The fraction of sp³-hybridized carbons (Fsp3) is 0.733. The molecule has 0 aliphatic heterocycles. The molecular formula is C15H25NOS. The minimum absolute atomic E-state index is 0.351. The standard InChI is InChI=1S/C15H25NOS/c1-11(2)12-4-3-5-14(8-12)16-9-15(17)13-6-7-18-10-13/h6-7,10-12,14-17H,3-5,8-9H2,1-2H3. The van der Waals surface area contributed by atoms with Gasteiger partial charge in [-0.15, -0.1) is 0 Å². The summed E-state index contributed by atoms with van der Waals surface area (Å²) in [5, 5.41) is 17.7. The molecular weight excluding hydrogens is 242 g/mol. The minimum atomic E-state index is -0.351. The van der Waals surface area contributed by atoms with E-state index in [4.69, 9.17) is 0 Å². The summed E-state index contributed by atoms with van der Waals surface area (Å²) >= 11 is 1.65. The molecule has 1 heterocycles. The highest BCUT2D eigenvalue weighted by atomic mass is 32.1. The molecule has 0 bridgehead atoms. The number of hydrogen-bond acceptors (Lipinski definition) is 3. The Morgan fingerprint density at radius 1 is 1.44 bits per heavy atom.